The molecule has 5 nitrogen and oxygen atoms in total. The molecule has 2 heterocycles. The van der Waals surface area contributed by atoms with Gasteiger partial charge in [0.25, 0.3) is 0 Å². The van der Waals surface area contributed by atoms with Crippen molar-refractivity contribution in [1.82, 2.24) is 9.88 Å². The molecule has 0 atom stereocenters. The van der Waals surface area contributed by atoms with Gasteiger partial charge in [-0.05, 0) is 31.4 Å². The Kier molecular flexibility index (Phi) is 3.46. The maximum absolute atomic E-state index is 11.8. The van der Waals surface area contributed by atoms with Crippen molar-refractivity contribution in [3.8, 4) is 0 Å². The molecule has 0 aromatic carbocycles. The van der Waals surface area contributed by atoms with Gasteiger partial charge in [0.2, 0.25) is 5.91 Å². The third-order valence-electron chi connectivity index (χ3n) is 3.07. The molecule has 1 saturated heterocycles. The standard InChI is InChI=1S/C12H18N4O/c1-9-4-5-14-12(11(9)13)15-8-10(17)16-6-2-3-7-16/h4-5H,2-3,6-8,13H2,1H3,(H,14,15). The van der Waals surface area contributed by atoms with Crippen LogP contribution in [-0.4, -0.2) is 35.4 Å². The summed E-state index contributed by atoms with van der Waals surface area (Å²) in [6.07, 6.45) is 3.90. The molecule has 17 heavy (non-hydrogen) atoms. The Balaban J connectivity index is 1.93. The summed E-state index contributed by atoms with van der Waals surface area (Å²) >= 11 is 0. The van der Waals surface area contributed by atoms with E-state index in [1.165, 1.54) is 0 Å². The highest BCUT2D eigenvalue weighted by Crippen LogP contribution is 2.18. The fourth-order valence-corrected chi connectivity index (χ4v) is 1.95. The minimum Gasteiger partial charge on any atom is -0.396 e. The molecule has 1 aliphatic rings. The zero-order valence-electron chi connectivity index (χ0n) is 10.1. The second-order valence-electron chi connectivity index (χ2n) is 4.33. The Morgan fingerprint density at radius 1 is 1.53 bits per heavy atom. The monoisotopic (exact) mass is 234 g/mol. The van der Waals surface area contributed by atoms with Crippen LogP contribution in [0.25, 0.3) is 0 Å². The molecule has 0 aliphatic carbocycles. The van der Waals surface area contributed by atoms with E-state index in [9.17, 15) is 4.79 Å². The molecule has 0 bridgehead atoms. The Labute approximate surface area is 101 Å². The van der Waals surface area contributed by atoms with Crippen molar-refractivity contribution >= 4 is 17.4 Å². The Morgan fingerprint density at radius 3 is 2.94 bits per heavy atom. The number of likely N-dealkylation sites (tertiary alicyclic amines) is 1. The molecule has 0 spiro atoms. The van der Waals surface area contributed by atoms with E-state index in [0.717, 1.165) is 31.5 Å². The number of carbonyl (C=O) groups excluding carboxylic acids is 1. The van der Waals surface area contributed by atoms with Gasteiger partial charge >= 0.3 is 0 Å². The molecule has 1 aromatic heterocycles. The number of nitrogens with one attached hydrogen (secondary N) is 1. The fraction of sp³-hybridized carbons (Fsp3) is 0.500. The molecule has 0 radical (unpaired) electrons. The van der Waals surface area contributed by atoms with E-state index in [-0.39, 0.29) is 12.5 Å². The third-order valence-corrected chi connectivity index (χ3v) is 3.07. The van der Waals surface area contributed by atoms with Gasteiger partial charge in [0.05, 0.1) is 12.2 Å². The van der Waals surface area contributed by atoms with Gasteiger partial charge in [-0.15, -0.1) is 0 Å². The van der Waals surface area contributed by atoms with Crippen LogP contribution < -0.4 is 11.1 Å². The van der Waals surface area contributed by atoms with Gasteiger partial charge in [-0.1, -0.05) is 0 Å². The van der Waals surface area contributed by atoms with Crippen molar-refractivity contribution in [2.24, 2.45) is 0 Å². The van der Waals surface area contributed by atoms with Crippen molar-refractivity contribution in [3.05, 3.63) is 17.8 Å². The van der Waals surface area contributed by atoms with Crippen LogP contribution in [0, 0.1) is 6.92 Å². The van der Waals surface area contributed by atoms with Gasteiger partial charge < -0.3 is 16.0 Å². The van der Waals surface area contributed by atoms with Crippen molar-refractivity contribution < 1.29 is 4.79 Å². The quantitative estimate of drug-likeness (QED) is 0.818. The maximum Gasteiger partial charge on any atom is 0.241 e. The largest absolute Gasteiger partial charge is 0.396 e. The Hall–Kier alpha value is -1.78. The average molecular weight is 234 g/mol. The number of anilines is 2. The smallest absolute Gasteiger partial charge is 0.241 e. The number of pyridine rings is 1. The summed E-state index contributed by atoms with van der Waals surface area (Å²) in [6.45, 7) is 3.93. The number of carbonyl (C=O) groups is 1. The minimum absolute atomic E-state index is 0.116. The summed E-state index contributed by atoms with van der Waals surface area (Å²) < 4.78 is 0. The number of nitrogen functional groups attached to an aromatic ring is 1. The van der Waals surface area contributed by atoms with E-state index in [1.807, 2.05) is 17.9 Å². The highest BCUT2D eigenvalue weighted by atomic mass is 16.2. The van der Waals surface area contributed by atoms with Crippen molar-refractivity contribution in [2.75, 3.05) is 30.7 Å². The second-order valence-corrected chi connectivity index (χ2v) is 4.33. The number of aryl methyl sites for hydroxylation is 1. The van der Waals surface area contributed by atoms with Crippen LogP contribution in [-0.2, 0) is 4.79 Å². The van der Waals surface area contributed by atoms with E-state index in [0.29, 0.717) is 11.5 Å². The van der Waals surface area contributed by atoms with Crippen LogP contribution in [0.5, 0.6) is 0 Å². The summed E-state index contributed by atoms with van der Waals surface area (Å²) in [5, 5.41) is 3.00. The molecule has 92 valence electrons. The normalized spacial score (nSPS) is 15.0. The first kappa shape index (κ1) is 11.7. The van der Waals surface area contributed by atoms with E-state index >= 15 is 0 Å². The summed E-state index contributed by atoms with van der Waals surface area (Å²) in [5.41, 5.74) is 7.45. The second kappa shape index (κ2) is 5.03. The van der Waals surface area contributed by atoms with Crippen LogP contribution in [0.15, 0.2) is 12.3 Å². The zero-order chi connectivity index (χ0) is 12.3. The van der Waals surface area contributed by atoms with Crippen LogP contribution in [0.1, 0.15) is 18.4 Å². The van der Waals surface area contributed by atoms with E-state index in [4.69, 9.17) is 5.73 Å². The molecule has 1 amide bonds. The maximum atomic E-state index is 11.8. The average Bonchev–Trinajstić information content (AvgIpc) is 2.84. The highest BCUT2D eigenvalue weighted by molar-refractivity contribution is 5.82. The molecule has 2 rings (SSSR count). The lowest BCUT2D eigenvalue weighted by atomic mass is 10.2. The molecule has 0 unspecified atom stereocenters. The van der Waals surface area contributed by atoms with Gasteiger partial charge in [0.1, 0.15) is 5.82 Å². The number of aromatic nitrogens is 1. The van der Waals surface area contributed by atoms with Crippen LogP contribution in [0.4, 0.5) is 11.5 Å². The SMILES string of the molecule is Cc1ccnc(NCC(=O)N2CCCC2)c1N. The molecule has 1 aliphatic heterocycles. The van der Waals surface area contributed by atoms with Gasteiger partial charge in [-0.25, -0.2) is 4.98 Å². The predicted molar refractivity (Wildman–Crippen MR) is 67.7 cm³/mol. The van der Waals surface area contributed by atoms with Crippen LogP contribution in [0.2, 0.25) is 0 Å². The first-order valence-electron chi connectivity index (χ1n) is 5.91. The summed E-state index contributed by atoms with van der Waals surface area (Å²) in [6, 6.07) is 1.85. The number of nitrogens with two attached hydrogens (primary N) is 1. The summed E-state index contributed by atoms with van der Waals surface area (Å²) in [5.74, 6) is 0.711. The number of hydrogen-bond acceptors (Lipinski definition) is 4. The number of rotatable bonds is 3. The molecule has 1 aromatic rings. The summed E-state index contributed by atoms with van der Waals surface area (Å²) in [7, 11) is 0. The first-order valence-corrected chi connectivity index (χ1v) is 5.91. The topological polar surface area (TPSA) is 71.2 Å². The van der Waals surface area contributed by atoms with Gasteiger partial charge in [0, 0.05) is 19.3 Å². The van der Waals surface area contributed by atoms with Crippen molar-refractivity contribution in [1.29, 1.82) is 0 Å². The molecular formula is C12H18N4O. The molecule has 3 N–H and O–H groups in total. The molecule has 5 heteroatoms. The lowest BCUT2D eigenvalue weighted by Crippen LogP contribution is -2.33. The third kappa shape index (κ3) is 2.67. The molecule has 0 saturated carbocycles. The fourth-order valence-electron chi connectivity index (χ4n) is 1.95. The van der Waals surface area contributed by atoms with E-state index in [1.54, 1.807) is 6.20 Å². The zero-order valence-corrected chi connectivity index (χ0v) is 10.1. The molecule has 1 fully saturated rings. The lowest BCUT2D eigenvalue weighted by molar-refractivity contribution is -0.128. The Bertz CT molecular complexity index is 413. The lowest BCUT2D eigenvalue weighted by Gasteiger charge is -2.16. The van der Waals surface area contributed by atoms with Crippen molar-refractivity contribution in [2.45, 2.75) is 19.8 Å². The van der Waals surface area contributed by atoms with Gasteiger partial charge in [-0.2, -0.15) is 0 Å². The first-order chi connectivity index (χ1) is 8.18. The number of amides is 1. The molecular weight excluding hydrogens is 216 g/mol. The predicted octanol–water partition coefficient (Wildman–Crippen LogP) is 1.01. The minimum atomic E-state index is 0.116. The van der Waals surface area contributed by atoms with Crippen LogP contribution in [0.3, 0.4) is 0 Å². The number of hydrogen-bond donors (Lipinski definition) is 2. The van der Waals surface area contributed by atoms with Gasteiger partial charge in [0.15, 0.2) is 0 Å². The van der Waals surface area contributed by atoms with Crippen LogP contribution >= 0.6 is 0 Å². The highest BCUT2D eigenvalue weighted by Gasteiger charge is 2.17. The van der Waals surface area contributed by atoms with Crippen molar-refractivity contribution in [3.63, 3.8) is 0 Å². The number of nitrogens with zero attached hydrogens (tertiary/aromatic N) is 2. The van der Waals surface area contributed by atoms with Gasteiger partial charge in [-0.3, -0.25) is 4.79 Å². The van der Waals surface area contributed by atoms with E-state index < -0.39 is 0 Å². The Morgan fingerprint density at radius 2 is 2.24 bits per heavy atom. The van der Waals surface area contributed by atoms with E-state index in [2.05, 4.69) is 10.3 Å². The summed E-state index contributed by atoms with van der Waals surface area (Å²) in [4.78, 5) is 17.8.